The van der Waals surface area contributed by atoms with Gasteiger partial charge in [0.05, 0.1) is 16.6 Å². The number of amides is 1. The highest BCUT2D eigenvalue weighted by Gasteiger charge is 2.29. The molecule has 1 saturated carbocycles. The number of nitrogens with two attached hydrogens (primary N) is 1. The Morgan fingerprint density at radius 2 is 1.95 bits per heavy atom. The van der Waals surface area contributed by atoms with Crippen molar-refractivity contribution in [3.8, 4) is 0 Å². The van der Waals surface area contributed by atoms with Crippen molar-refractivity contribution in [2.24, 2.45) is 11.7 Å². The number of benzene rings is 1. The highest BCUT2D eigenvalue weighted by molar-refractivity contribution is 6.33. The second-order valence-electron chi connectivity index (χ2n) is 5.39. The summed E-state index contributed by atoms with van der Waals surface area (Å²) in [6, 6.07) is 4.61. The minimum absolute atomic E-state index is 0.151. The first-order chi connectivity index (χ1) is 9.99. The number of hydrogen-bond acceptors (Lipinski definition) is 3. The molecule has 1 amide bonds. The minimum Gasteiger partial charge on any atom is -0.481 e. The van der Waals surface area contributed by atoms with E-state index in [1.165, 1.54) is 6.07 Å². The third kappa shape index (κ3) is 3.88. The average molecular weight is 311 g/mol. The number of halogens is 1. The van der Waals surface area contributed by atoms with Crippen LogP contribution >= 0.6 is 11.6 Å². The Labute approximate surface area is 128 Å². The third-order valence-electron chi connectivity index (χ3n) is 3.93. The summed E-state index contributed by atoms with van der Waals surface area (Å²) in [6.07, 6.45) is 4.45. The van der Waals surface area contributed by atoms with Gasteiger partial charge in [0.1, 0.15) is 0 Å². The zero-order valence-corrected chi connectivity index (χ0v) is 12.4. The average Bonchev–Trinajstić information content (AvgIpc) is 2.66. The molecule has 6 heteroatoms. The van der Waals surface area contributed by atoms with Crippen LogP contribution in [-0.4, -0.2) is 23.0 Å². The topological polar surface area (TPSA) is 92.4 Å². The van der Waals surface area contributed by atoms with Gasteiger partial charge in [-0.1, -0.05) is 30.9 Å². The molecular formula is C15H19ClN2O3. The van der Waals surface area contributed by atoms with Crippen molar-refractivity contribution in [3.05, 3.63) is 28.8 Å². The normalized spacial score (nSPS) is 22.3. The minimum atomic E-state index is -0.778. The molecule has 21 heavy (non-hydrogen) atoms. The molecule has 0 bridgehead atoms. The Morgan fingerprint density at radius 3 is 2.57 bits per heavy atom. The Kier molecular flexibility index (Phi) is 5.07. The molecule has 4 N–H and O–H groups in total. The van der Waals surface area contributed by atoms with Gasteiger partial charge in [-0.3, -0.25) is 9.59 Å². The molecule has 5 nitrogen and oxygen atoms in total. The maximum atomic E-state index is 11.4. The van der Waals surface area contributed by atoms with E-state index in [0.29, 0.717) is 22.7 Å². The van der Waals surface area contributed by atoms with Crippen LogP contribution in [0.3, 0.4) is 0 Å². The van der Waals surface area contributed by atoms with Crippen LogP contribution in [0.25, 0.3) is 0 Å². The highest BCUT2D eigenvalue weighted by Crippen LogP contribution is 2.30. The number of rotatable bonds is 4. The molecule has 1 fully saturated rings. The number of carbonyl (C=O) groups is 2. The zero-order valence-electron chi connectivity index (χ0n) is 11.6. The molecule has 0 aromatic heterocycles. The number of carbonyl (C=O) groups excluding carboxylic acids is 1. The van der Waals surface area contributed by atoms with Gasteiger partial charge in [-0.25, -0.2) is 0 Å². The lowest BCUT2D eigenvalue weighted by atomic mass is 9.94. The summed E-state index contributed by atoms with van der Waals surface area (Å²) in [5, 5.41) is 13.0. The monoisotopic (exact) mass is 310 g/mol. The van der Waals surface area contributed by atoms with Crippen molar-refractivity contribution in [3.63, 3.8) is 0 Å². The van der Waals surface area contributed by atoms with Crippen LogP contribution in [0.5, 0.6) is 0 Å². The van der Waals surface area contributed by atoms with Gasteiger partial charge in [-0.15, -0.1) is 0 Å². The molecule has 2 rings (SSSR count). The molecule has 0 spiro atoms. The quantitative estimate of drug-likeness (QED) is 0.746. The van der Waals surface area contributed by atoms with E-state index in [1.807, 2.05) is 0 Å². The molecule has 114 valence electrons. The van der Waals surface area contributed by atoms with Crippen LogP contribution in [0.1, 0.15) is 42.5 Å². The lowest BCUT2D eigenvalue weighted by molar-refractivity contribution is -0.142. The number of aliphatic carboxylic acids is 1. The molecule has 1 aliphatic rings. The summed E-state index contributed by atoms with van der Waals surface area (Å²) in [5.41, 5.74) is 6.18. The summed E-state index contributed by atoms with van der Waals surface area (Å²) in [4.78, 5) is 22.5. The fourth-order valence-electron chi connectivity index (χ4n) is 2.76. The molecule has 1 aromatic rings. The summed E-state index contributed by atoms with van der Waals surface area (Å²) in [6.45, 7) is 0. The van der Waals surface area contributed by atoms with Crippen LogP contribution in [0, 0.1) is 5.92 Å². The highest BCUT2D eigenvalue weighted by atomic mass is 35.5. The number of carboxylic acid groups (broad SMARTS) is 1. The van der Waals surface area contributed by atoms with Gasteiger partial charge in [0.25, 0.3) is 0 Å². The number of carboxylic acids is 1. The summed E-state index contributed by atoms with van der Waals surface area (Å²) < 4.78 is 0. The van der Waals surface area contributed by atoms with Gasteiger partial charge < -0.3 is 16.2 Å². The largest absolute Gasteiger partial charge is 0.481 e. The summed E-state index contributed by atoms with van der Waals surface area (Å²) in [5.74, 6) is -1.74. The SMILES string of the molecule is NC(=O)c1ccc(NC2CCCCCC2C(=O)O)c(Cl)c1. The van der Waals surface area contributed by atoms with E-state index in [-0.39, 0.29) is 6.04 Å². The van der Waals surface area contributed by atoms with Crippen molar-refractivity contribution in [2.75, 3.05) is 5.32 Å². The van der Waals surface area contributed by atoms with Crippen LogP contribution in [0.15, 0.2) is 18.2 Å². The van der Waals surface area contributed by atoms with Gasteiger partial charge in [0.2, 0.25) is 5.91 Å². The number of hydrogen-bond donors (Lipinski definition) is 3. The second-order valence-corrected chi connectivity index (χ2v) is 5.80. The van der Waals surface area contributed by atoms with Gasteiger partial charge in [-0.2, -0.15) is 0 Å². The standard InChI is InChI=1S/C15H19ClN2O3/c16-11-8-9(14(17)19)6-7-13(11)18-12-5-3-1-2-4-10(12)15(20)21/h6-8,10,12,18H,1-5H2,(H2,17,19)(H,20,21). The molecule has 0 aliphatic heterocycles. The van der Waals surface area contributed by atoms with Gasteiger partial charge in [0, 0.05) is 11.6 Å². The molecular weight excluding hydrogens is 292 g/mol. The van der Waals surface area contributed by atoms with E-state index >= 15 is 0 Å². The Hall–Kier alpha value is -1.75. The zero-order chi connectivity index (χ0) is 15.4. The van der Waals surface area contributed by atoms with Crippen LogP contribution < -0.4 is 11.1 Å². The molecule has 2 unspecified atom stereocenters. The lowest BCUT2D eigenvalue weighted by Gasteiger charge is -2.24. The number of anilines is 1. The van der Waals surface area contributed by atoms with Crippen LogP contribution in [0.2, 0.25) is 5.02 Å². The third-order valence-corrected chi connectivity index (χ3v) is 4.24. The fraction of sp³-hybridized carbons (Fsp3) is 0.467. The maximum absolute atomic E-state index is 11.4. The van der Waals surface area contributed by atoms with Gasteiger partial charge in [-0.05, 0) is 31.0 Å². The smallest absolute Gasteiger partial charge is 0.308 e. The first-order valence-electron chi connectivity index (χ1n) is 7.07. The first-order valence-corrected chi connectivity index (χ1v) is 7.45. The van der Waals surface area contributed by atoms with Crippen LogP contribution in [-0.2, 0) is 4.79 Å². The Morgan fingerprint density at radius 1 is 1.24 bits per heavy atom. The van der Waals surface area contributed by atoms with Crippen molar-refractivity contribution < 1.29 is 14.7 Å². The predicted octanol–water partition coefficient (Wildman–Crippen LogP) is 2.88. The van der Waals surface area contributed by atoms with Crippen molar-refractivity contribution in [2.45, 2.75) is 38.1 Å². The molecule has 0 radical (unpaired) electrons. The van der Waals surface area contributed by atoms with E-state index in [0.717, 1.165) is 25.7 Å². The molecule has 1 aliphatic carbocycles. The van der Waals surface area contributed by atoms with Crippen molar-refractivity contribution >= 4 is 29.2 Å². The maximum Gasteiger partial charge on any atom is 0.308 e. The Balaban J connectivity index is 2.18. The van der Waals surface area contributed by atoms with E-state index in [1.54, 1.807) is 12.1 Å². The van der Waals surface area contributed by atoms with E-state index in [2.05, 4.69) is 5.32 Å². The van der Waals surface area contributed by atoms with Crippen molar-refractivity contribution in [1.82, 2.24) is 0 Å². The molecule has 2 atom stereocenters. The number of primary amides is 1. The fourth-order valence-corrected chi connectivity index (χ4v) is 3.00. The van der Waals surface area contributed by atoms with E-state index in [9.17, 15) is 14.7 Å². The van der Waals surface area contributed by atoms with E-state index in [4.69, 9.17) is 17.3 Å². The summed E-state index contributed by atoms with van der Waals surface area (Å²) >= 11 is 6.14. The molecule has 0 heterocycles. The summed E-state index contributed by atoms with van der Waals surface area (Å²) in [7, 11) is 0. The number of nitrogens with one attached hydrogen (secondary N) is 1. The van der Waals surface area contributed by atoms with E-state index < -0.39 is 17.8 Å². The van der Waals surface area contributed by atoms with Crippen LogP contribution in [0.4, 0.5) is 5.69 Å². The van der Waals surface area contributed by atoms with Gasteiger partial charge >= 0.3 is 5.97 Å². The predicted molar refractivity (Wildman–Crippen MR) is 81.6 cm³/mol. The first kappa shape index (κ1) is 15.6. The molecule has 1 aromatic carbocycles. The van der Waals surface area contributed by atoms with Gasteiger partial charge in [0.15, 0.2) is 0 Å². The second kappa shape index (κ2) is 6.80. The Bertz CT molecular complexity index is 548. The molecule has 0 saturated heterocycles. The van der Waals surface area contributed by atoms with Crippen molar-refractivity contribution in [1.29, 1.82) is 0 Å². The lowest BCUT2D eigenvalue weighted by Crippen LogP contribution is -2.33.